The Bertz CT molecular complexity index is 687. The summed E-state index contributed by atoms with van der Waals surface area (Å²) >= 11 is 0. The lowest BCUT2D eigenvalue weighted by Gasteiger charge is -2.35. The van der Waals surface area contributed by atoms with Gasteiger partial charge in [0.15, 0.2) is 0 Å². The zero-order valence-corrected chi connectivity index (χ0v) is 15.3. The monoisotopic (exact) mass is 376 g/mol. The van der Waals surface area contributed by atoms with Crippen LogP contribution in [0.1, 0.15) is 0 Å². The number of amides is 4. The van der Waals surface area contributed by atoms with Gasteiger partial charge in [0.25, 0.3) is 5.91 Å². The summed E-state index contributed by atoms with van der Waals surface area (Å²) in [6, 6.07) is 6.97. The Hall–Kier alpha value is -2.81. The predicted molar refractivity (Wildman–Crippen MR) is 96.6 cm³/mol. The van der Waals surface area contributed by atoms with Crippen LogP contribution in [0.5, 0.6) is 11.5 Å². The van der Waals surface area contributed by atoms with E-state index in [2.05, 4.69) is 10.2 Å². The molecule has 4 amide bonds. The van der Waals surface area contributed by atoms with E-state index in [9.17, 15) is 14.4 Å². The van der Waals surface area contributed by atoms with Crippen molar-refractivity contribution in [3.05, 3.63) is 24.3 Å². The van der Waals surface area contributed by atoms with Crippen molar-refractivity contribution in [2.45, 2.75) is 0 Å². The molecule has 0 bridgehead atoms. The van der Waals surface area contributed by atoms with Gasteiger partial charge in [0.2, 0.25) is 5.91 Å². The molecule has 2 aliphatic rings. The summed E-state index contributed by atoms with van der Waals surface area (Å²) < 4.78 is 10.9. The number of piperazine rings is 1. The SMILES string of the molecule is COc1cccc(OCCN2CCN(C(=O)CN3C(=O)CNC3=O)CC2)c1. The zero-order valence-electron chi connectivity index (χ0n) is 15.3. The molecule has 0 atom stereocenters. The molecular weight excluding hydrogens is 352 g/mol. The van der Waals surface area contributed by atoms with E-state index in [1.807, 2.05) is 24.3 Å². The quantitative estimate of drug-likeness (QED) is 0.661. The summed E-state index contributed by atoms with van der Waals surface area (Å²) in [7, 11) is 1.62. The van der Waals surface area contributed by atoms with Crippen LogP contribution in [-0.4, -0.2) is 92.1 Å². The molecule has 27 heavy (non-hydrogen) atoms. The van der Waals surface area contributed by atoms with Gasteiger partial charge in [-0.25, -0.2) is 4.79 Å². The highest BCUT2D eigenvalue weighted by molar-refractivity contribution is 6.04. The molecular formula is C18H24N4O5. The first-order valence-corrected chi connectivity index (χ1v) is 8.92. The molecule has 0 unspecified atom stereocenters. The lowest BCUT2D eigenvalue weighted by molar-refractivity contribution is -0.137. The molecule has 0 aliphatic carbocycles. The molecule has 0 radical (unpaired) electrons. The van der Waals surface area contributed by atoms with Crippen LogP contribution in [-0.2, 0) is 9.59 Å². The van der Waals surface area contributed by atoms with Crippen LogP contribution in [0.4, 0.5) is 4.79 Å². The number of carbonyl (C=O) groups excluding carboxylic acids is 3. The lowest BCUT2D eigenvalue weighted by Crippen LogP contribution is -2.52. The lowest BCUT2D eigenvalue weighted by atomic mass is 10.3. The Kier molecular flexibility index (Phi) is 6.12. The molecule has 2 saturated heterocycles. The Morgan fingerprint density at radius 2 is 1.89 bits per heavy atom. The second-order valence-electron chi connectivity index (χ2n) is 6.39. The number of nitrogens with one attached hydrogen (secondary N) is 1. The number of methoxy groups -OCH3 is 1. The maximum absolute atomic E-state index is 12.3. The van der Waals surface area contributed by atoms with Gasteiger partial charge in [-0.1, -0.05) is 6.07 Å². The maximum Gasteiger partial charge on any atom is 0.325 e. The van der Waals surface area contributed by atoms with E-state index in [0.717, 1.165) is 36.0 Å². The Labute approximate surface area is 157 Å². The van der Waals surface area contributed by atoms with Crippen molar-refractivity contribution in [1.82, 2.24) is 20.0 Å². The Morgan fingerprint density at radius 1 is 1.15 bits per heavy atom. The van der Waals surface area contributed by atoms with Crippen LogP contribution >= 0.6 is 0 Å². The van der Waals surface area contributed by atoms with Crippen LogP contribution in [0.25, 0.3) is 0 Å². The van der Waals surface area contributed by atoms with Gasteiger partial charge >= 0.3 is 6.03 Å². The van der Waals surface area contributed by atoms with Crippen LogP contribution in [0.15, 0.2) is 24.3 Å². The first-order chi connectivity index (χ1) is 13.1. The fourth-order valence-corrected chi connectivity index (χ4v) is 3.06. The smallest absolute Gasteiger partial charge is 0.325 e. The summed E-state index contributed by atoms with van der Waals surface area (Å²) in [4.78, 5) is 40.3. The summed E-state index contributed by atoms with van der Waals surface area (Å²) in [6.07, 6.45) is 0. The molecule has 9 heteroatoms. The molecule has 9 nitrogen and oxygen atoms in total. The van der Waals surface area contributed by atoms with E-state index in [4.69, 9.17) is 9.47 Å². The van der Waals surface area contributed by atoms with E-state index >= 15 is 0 Å². The zero-order chi connectivity index (χ0) is 19.2. The first kappa shape index (κ1) is 19.0. The fourth-order valence-electron chi connectivity index (χ4n) is 3.06. The van der Waals surface area contributed by atoms with E-state index in [1.165, 1.54) is 0 Å². The molecule has 1 aromatic rings. The third kappa shape index (κ3) is 4.88. The van der Waals surface area contributed by atoms with Gasteiger partial charge in [-0.3, -0.25) is 19.4 Å². The molecule has 0 aromatic heterocycles. The van der Waals surface area contributed by atoms with E-state index in [1.54, 1.807) is 12.0 Å². The van der Waals surface area contributed by atoms with Crippen molar-refractivity contribution < 1.29 is 23.9 Å². The molecule has 2 heterocycles. The number of rotatable bonds is 7. The molecule has 2 fully saturated rings. The van der Waals surface area contributed by atoms with Gasteiger partial charge in [0, 0.05) is 38.8 Å². The molecule has 0 spiro atoms. The second-order valence-corrected chi connectivity index (χ2v) is 6.39. The van der Waals surface area contributed by atoms with Gasteiger partial charge in [0.1, 0.15) is 24.7 Å². The fraction of sp³-hybridized carbons (Fsp3) is 0.500. The number of nitrogens with zero attached hydrogens (tertiary/aromatic N) is 3. The average Bonchev–Trinajstić information content (AvgIpc) is 3.00. The van der Waals surface area contributed by atoms with Gasteiger partial charge in [-0.2, -0.15) is 0 Å². The van der Waals surface area contributed by atoms with Crippen LogP contribution in [0.3, 0.4) is 0 Å². The van der Waals surface area contributed by atoms with Gasteiger partial charge in [-0.15, -0.1) is 0 Å². The Balaban J connectivity index is 1.37. The van der Waals surface area contributed by atoms with Crippen molar-refractivity contribution in [2.24, 2.45) is 0 Å². The second kappa shape index (κ2) is 8.72. The molecule has 146 valence electrons. The molecule has 1 aromatic carbocycles. The highest BCUT2D eigenvalue weighted by atomic mass is 16.5. The average molecular weight is 376 g/mol. The highest BCUT2D eigenvalue weighted by Crippen LogP contribution is 2.18. The third-order valence-corrected chi connectivity index (χ3v) is 4.67. The van der Waals surface area contributed by atoms with Gasteiger partial charge in [-0.05, 0) is 12.1 Å². The van der Waals surface area contributed by atoms with Crippen molar-refractivity contribution in [3.63, 3.8) is 0 Å². The normalized spacial score (nSPS) is 17.8. The predicted octanol–water partition coefficient (Wildman–Crippen LogP) is -0.230. The molecule has 2 aliphatic heterocycles. The minimum atomic E-state index is -0.498. The minimum Gasteiger partial charge on any atom is -0.497 e. The van der Waals surface area contributed by atoms with Crippen molar-refractivity contribution in [1.29, 1.82) is 0 Å². The van der Waals surface area contributed by atoms with E-state index in [-0.39, 0.29) is 24.9 Å². The number of carbonyl (C=O) groups is 3. The molecule has 1 N–H and O–H groups in total. The number of ether oxygens (including phenoxy) is 2. The summed E-state index contributed by atoms with van der Waals surface area (Å²) in [5, 5.41) is 2.42. The first-order valence-electron chi connectivity index (χ1n) is 8.92. The van der Waals surface area contributed by atoms with Crippen molar-refractivity contribution >= 4 is 17.8 Å². The molecule has 0 saturated carbocycles. The maximum atomic E-state index is 12.3. The van der Waals surface area contributed by atoms with Crippen LogP contribution in [0.2, 0.25) is 0 Å². The number of hydrogen-bond donors (Lipinski definition) is 1. The Morgan fingerprint density at radius 3 is 2.56 bits per heavy atom. The van der Waals surface area contributed by atoms with E-state index in [0.29, 0.717) is 19.7 Å². The van der Waals surface area contributed by atoms with Crippen molar-refractivity contribution in [2.75, 3.05) is 59.5 Å². The third-order valence-electron chi connectivity index (χ3n) is 4.67. The topological polar surface area (TPSA) is 91.4 Å². The number of benzene rings is 1. The van der Waals surface area contributed by atoms with Crippen LogP contribution in [0, 0.1) is 0 Å². The number of urea groups is 1. The largest absolute Gasteiger partial charge is 0.497 e. The minimum absolute atomic E-state index is 0.0345. The summed E-state index contributed by atoms with van der Waals surface area (Å²) in [6.45, 7) is 3.68. The van der Waals surface area contributed by atoms with E-state index < -0.39 is 6.03 Å². The molecule has 3 rings (SSSR count). The summed E-state index contributed by atoms with van der Waals surface area (Å²) in [5.74, 6) is 0.955. The highest BCUT2D eigenvalue weighted by Gasteiger charge is 2.32. The van der Waals surface area contributed by atoms with Gasteiger partial charge < -0.3 is 19.7 Å². The standard InChI is InChI=1S/C18H24N4O5/c1-26-14-3-2-4-15(11-14)27-10-9-20-5-7-21(8-6-20)17(24)13-22-16(23)12-19-18(22)25/h2-4,11H,5-10,12-13H2,1H3,(H,19,25). The van der Waals surface area contributed by atoms with Gasteiger partial charge in [0.05, 0.1) is 13.7 Å². The van der Waals surface area contributed by atoms with Crippen molar-refractivity contribution in [3.8, 4) is 11.5 Å². The number of imide groups is 1. The summed E-state index contributed by atoms with van der Waals surface area (Å²) in [5.41, 5.74) is 0. The number of hydrogen-bond acceptors (Lipinski definition) is 6. The van der Waals surface area contributed by atoms with Crippen LogP contribution < -0.4 is 14.8 Å².